The first kappa shape index (κ1) is 20.7. The Kier molecular flexibility index (Phi) is 4.64. The predicted octanol–water partition coefficient (Wildman–Crippen LogP) is 5.88. The number of fused-ring (bicyclic) bond motifs is 3. The lowest BCUT2D eigenvalue weighted by molar-refractivity contribution is -0.138. The number of hydrogen-bond donors (Lipinski definition) is 1. The number of halogens is 3. The fraction of sp³-hybridized carbons (Fsp3) is 0.280. The maximum absolute atomic E-state index is 13.7. The van der Waals surface area contributed by atoms with E-state index >= 15 is 0 Å². The predicted molar refractivity (Wildman–Crippen MR) is 116 cm³/mol. The van der Waals surface area contributed by atoms with Crippen LogP contribution in [0.4, 0.5) is 13.2 Å². The Labute approximate surface area is 183 Å². The molecule has 0 bridgehead atoms. The molecule has 4 aromatic rings. The Hall–Kier alpha value is -3.19. The van der Waals surface area contributed by atoms with Gasteiger partial charge < -0.3 is 9.67 Å². The Balaban J connectivity index is 1.60. The first-order chi connectivity index (χ1) is 15.1. The summed E-state index contributed by atoms with van der Waals surface area (Å²) in [5.41, 5.74) is 2.31. The number of pyridine rings is 1. The van der Waals surface area contributed by atoms with Gasteiger partial charge in [-0.25, -0.2) is 9.97 Å². The number of benzene rings is 2. The first-order valence-electron chi connectivity index (χ1n) is 10.5. The summed E-state index contributed by atoms with van der Waals surface area (Å²) >= 11 is 0. The highest BCUT2D eigenvalue weighted by molar-refractivity contribution is 5.77. The van der Waals surface area contributed by atoms with Gasteiger partial charge in [-0.1, -0.05) is 42.5 Å². The lowest BCUT2D eigenvalue weighted by Gasteiger charge is -2.20. The summed E-state index contributed by atoms with van der Waals surface area (Å²) < 4.78 is 42.8. The van der Waals surface area contributed by atoms with Crippen LogP contribution in [-0.4, -0.2) is 19.6 Å². The van der Waals surface area contributed by atoms with Crippen molar-refractivity contribution in [2.75, 3.05) is 0 Å². The maximum Gasteiger partial charge on any atom is 0.416 e. The van der Waals surface area contributed by atoms with Crippen LogP contribution in [0.1, 0.15) is 48.8 Å². The molecule has 1 aliphatic heterocycles. The number of imidazole rings is 1. The van der Waals surface area contributed by atoms with Crippen LogP contribution < -0.4 is 0 Å². The molecular weight excluding hydrogens is 415 g/mol. The molecule has 32 heavy (non-hydrogen) atoms. The van der Waals surface area contributed by atoms with E-state index in [-0.39, 0.29) is 5.56 Å². The number of aliphatic hydroxyl groups is 1. The number of rotatable bonds is 3. The van der Waals surface area contributed by atoms with Crippen molar-refractivity contribution in [1.82, 2.24) is 14.5 Å². The molecule has 5 rings (SSSR count). The van der Waals surface area contributed by atoms with Crippen LogP contribution in [0.5, 0.6) is 0 Å². The second-order valence-electron chi connectivity index (χ2n) is 8.71. The minimum absolute atomic E-state index is 0.250. The van der Waals surface area contributed by atoms with Gasteiger partial charge in [0.1, 0.15) is 11.3 Å². The van der Waals surface area contributed by atoms with E-state index in [0.717, 1.165) is 23.0 Å². The Morgan fingerprint density at radius 1 is 0.938 bits per heavy atom. The minimum Gasteiger partial charge on any atom is -0.386 e. The maximum atomic E-state index is 13.7. The summed E-state index contributed by atoms with van der Waals surface area (Å²) in [6.45, 7) is 3.45. The molecule has 1 unspecified atom stereocenters. The zero-order valence-corrected chi connectivity index (χ0v) is 17.7. The molecule has 2 aromatic carbocycles. The van der Waals surface area contributed by atoms with Gasteiger partial charge >= 0.3 is 6.18 Å². The van der Waals surface area contributed by atoms with Crippen LogP contribution in [0.2, 0.25) is 0 Å². The molecule has 0 radical (unpaired) electrons. The molecule has 0 fully saturated rings. The number of nitrogens with zero attached hydrogens (tertiary/aromatic N) is 3. The normalized spacial score (nSPS) is 16.5. The zero-order valence-electron chi connectivity index (χ0n) is 17.7. The zero-order chi connectivity index (χ0) is 22.7. The first-order valence-corrected chi connectivity index (χ1v) is 10.5. The molecule has 2 aromatic heterocycles. The minimum atomic E-state index is -4.42. The van der Waals surface area contributed by atoms with Crippen LogP contribution >= 0.6 is 0 Å². The van der Waals surface area contributed by atoms with Crippen LogP contribution in [0.15, 0.2) is 60.7 Å². The van der Waals surface area contributed by atoms with E-state index in [1.54, 1.807) is 26.0 Å². The number of hydrogen-bond acceptors (Lipinski definition) is 3. The van der Waals surface area contributed by atoms with Gasteiger partial charge in [-0.05, 0) is 49.6 Å². The molecule has 1 N–H and O–H groups in total. The molecule has 3 heterocycles. The molecule has 0 aliphatic carbocycles. The molecule has 0 amide bonds. The Bertz CT molecular complexity index is 1300. The van der Waals surface area contributed by atoms with Gasteiger partial charge in [-0.15, -0.1) is 0 Å². The third-order valence-corrected chi connectivity index (χ3v) is 6.08. The topological polar surface area (TPSA) is 50.9 Å². The van der Waals surface area contributed by atoms with E-state index in [2.05, 4.69) is 4.98 Å². The van der Waals surface area contributed by atoms with Crippen molar-refractivity contribution >= 4 is 11.2 Å². The molecule has 7 heteroatoms. The smallest absolute Gasteiger partial charge is 0.386 e. The quantitative estimate of drug-likeness (QED) is 0.435. The molecule has 0 spiro atoms. The highest BCUT2D eigenvalue weighted by atomic mass is 19.4. The lowest BCUT2D eigenvalue weighted by atomic mass is 9.96. The number of alkyl halides is 3. The standard InChI is InChI=1S/C25H22F3N3O/c1-24(2,32)16-9-7-15(8-10-16)19-11-12-20-23(30-19)31-21(13-14-22(31)29-20)17-5-3-4-6-18(17)25(26,27)28/h3-12,21,32H,13-14H2,1-2H3. The van der Waals surface area contributed by atoms with Crippen molar-refractivity contribution in [2.24, 2.45) is 0 Å². The second-order valence-corrected chi connectivity index (χ2v) is 8.71. The van der Waals surface area contributed by atoms with Crippen molar-refractivity contribution in [3.05, 3.63) is 83.2 Å². The van der Waals surface area contributed by atoms with E-state index < -0.39 is 23.4 Å². The summed E-state index contributed by atoms with van der Waals surface area (Å²) in [5.74, 6) is 0.754. The largest absolute Gasteiger partial charge is 0.416 e. The Morgan fingerprint density at radius 2 is 1.66 bits per heavy atom. The van der Waals surface area contributed by atoms with E-state index in [1.165, 1.54) is 6.07 Å². The molecule has 164 valence electrons. The van der Waals surface area contributed by atoms with Crippen LogP contribution in [0.25, 0.3) is 22.4 Å². The van der Waals surface area contributed by atoms with Crippen molar-refractivity contribution in [3.63, 3.8) is 0 Å². The van der Waals surface area contributed by atoms with Crippen LogP contribution in [0, 0.1) is 0 Å². The highest BCUT2D eigenvalue weighted by Gasteiger charge is 2.38. The third kappa shape index (κ3) is 3.46. The van der Waals surface area contributed by atoms with E-state index in [1.807, 2.05) is 41.0 Å². The van der Waals surface area contributed by atoms with Gasteiger partial charge in [0.15, 0.2) is 5.65 Å². The van der Waals surface area contributed by atoms with Gasteiger partial charge in [0.2, 0.25) is 0 Å². The molecule has 0 saturated heterocycles. The van der Waals surface area contributed by atoms with Gasteiger partial charge in [0.25, 0.3) is 0 Å². The summed E-state index contributed by atoms with van der Waals surface area (Å²) in [5, 5.41) is 10.2. The van der Waals surface area contributed by atoms with Gasteiger partial charge in [-0.2, -0.15) is 13.2 Å². The molecular formula is C25H22F3N3O. The SMILES string of the molecule is CC(C)(O)c1ccc(-c2ccc3nc4n(c3n2)C(c2ccccc2C(F)(F)F)CC4)cc1. The molecule has 1 atom stereocenters. The molecule has 1 aliphatic rings. The van der Waals surface area contributed by atoms with Gasteiger partial charge in [0, 0.05) is 12.0 Å². The van der Waals surface area contributed by atoms with E-state index in [9.17, 15) is 18.3 Å². The third-order valence-electron chi connectivity index (χ3n) is 6.08. The highest BCUT2D eigenvalue weighted by Crippen LogP contribution is 2.41. The van der Waals surface area contributed by atoms with Crippen molar-refractivity contribution < 1.29 is 18.3 Å². The summed E-state index contributed by atoms with van der Waals surface area (Å²) in [6.07, 6.45) is -3.27. The van der Waals surface area contributed by atoms with Gasteiger partial charge in [0.05, 0.1) is 22.9 Å². The summed E-state index contributed by atoms with van der Waals surface area (Å²) in [7, 11) is 0. The van der Waals surface area contributed by atoms with Gasteiger partial charge in [-0.3, -0.25) is 0 Å². The second kappa shape index (κ2) is 7.17. The Morgan fingerprint density at radius 3 is 2.34 bits per heavy atom. The molecule has 4 nitrogen and oxygen atoms in total. The van der Waals surface area contributed by atoms with Crippen molar-refractivity contribution in [2.45, 2.75) is 44.5 Å². The lowest BCUT2D eigenvalue weighted by Crippen LogP contribution is -2.15. The van der Waals surface area contributed by atoms with Crippen molar-refractivity contribution in [1.29, 1.82) is 0 Å². The fourth-order valence-electron chi connectivity index (χ4n) is 4.47. The van der Waals surface area contributed by atoms with Crippen LogP contribution in [-0.2, 0) is 18.2 Å². The van der Waals surface area contributed by atoms with E-state index in [0.29, 0.717) is 29.7 Å². The number of aromatic nitrogens is 3. The van der Waals surface area contributed by atoms with Crippen LogP contribution in [0.3, 0.4) is 0 Å². The average Bonchev–Trinajstić information content (AvgIpc) is 3.31. The summed E-state index contributed by atoms with van der Waals surface area (Å²) in [4.78, 5) is 9.42. The molecule has 0 saturated carbocycles. The number of aryl methyl sites for hydroxylation is 1. The van der Waals surface area contributed by atoms with E-state index in [4.69, 9.17) is 4.98 Å². The average molecular weight is 437 g/mol. The fourth-order valence-corrected chi connectivity index (χ4v) is 4.47. The van der Waals surface area contributed by atoms with Crippen molar-refractivity contribution in [3.8, 4) is 11.3 Å². The summed E-state index contributed by atoms with van der Waals surface area (Å²) in [6, 6.07) is 16.5. The monoisotopic (exact) mass is 437 g/mol.